The molecule has 0 heterocycles. The molecule has 0 aliphatic rings. The average molecular weight is 313 g/mol. The molecular formula is C14H14Cl2N2S. The molecule has 0 radical (unpaired) electrons. The minimum Gasteiger partial charge on any atom is -0.271 e. The van der Waals surface area contributed by atoms with Gasteiger partial charge in [-0.25, -0.2) is 5.43 Å². The van der Waals surface area contributed by atoms with Crippen molar-refractivity contribution in [3.8, 4) is 0 Å². The number of hydrogen-bond donors (Lipinski definition) is 2. The standard InChI is InChI=1S/C14H14Cl2N2S/c1-19-12-8-3-2-5-9(12)14(18-17)10-6-4-7-11(15)13(10)16/h2-8,14,18H,17H2,1H3. The molecule has 0 saturated carbocycles. The van der Waals surface area contributed by atoms with Gasteiger partial charge < -0.3 is 0 Å². The van der Waals surface area contributed by atoms with Crippen LogP contribution >= 0.6 is 35.0 Å². The van der Waals surface area contributed by atoms with Crippen molar-refractivity contribution < 1.29 is 0 Å². The maximum atomic E-state index is 6.28. The van der Waals surface area contributed by atoms with E-state index in [9.17, 15) is 0 Å². The van der Waals surface area contributed by atoms with E-state index in [0.717, 1.165) is 16.0 Å². The highest BCUT2D eigenvalue weighted by atomic mass is 35.5. The van der Waals surface area contributed by atoms with Gasteiger partial charge in [-0.1, -0.05) is 53.5 Å². The van der Waals surface area contributed by atoms with Gasteiger partial charge in [-0.15, -0.1) is 11.8 Å². The maximum absolute atomic E-state index is 6.28. The molecule has 0 saturated heterocycles. The van der Waals surface area contributed by atoms with E-state index >= 15 is 0 Å². The lowest BCUT2D eigenvalue weighted by molar-refractivity contribution is 0.628. The van der Waals surface area contributed by atoms with Gasteiger partial charge in [0.05, 0.1) is 16.1 Å². The molecule has 0 aliphatic heterocycles. The molecule has 100 valence electrons. The first-order chi connectivity index (χ1) is 9.19. The lowest BCUT2D eigenvalue weighted by atomic mass is 9.99. The fraction of sp³-hybridized carbons (Fsp3) is 0.143. The molecule has 0 aliphatic carbocycles. The summed E-state index contributed by atoms with van der Waals surface area (Å²) >= 11 is 14.0. The second kappa shape index (κ2) is 6.64. The van der Waals surface area contributed by atoms with Gasteiger partial charge in [-0.3, -0.25) is 5.84 Å². The molecule has 3 N–H and O–H groups in total. The molecule has 5 heteroatoms. The third kappa shape index (κ3) is 3.07. The van der Waals surface area contributed by atoms with Crippen LogP contribution in [0.25, 0.3) is 0 Å². The van der Waals surface area contributed by atoms with Crippen LogP contribution in [0.5, 0.6) is 0 Å². The number of hydrogen-bond acceptors (Lipinski definition) is 3. The van der Waals surface area contributed by atoms with Gasteiger partial charge in [0.15, 0.2) is 0 Å². The van der Waals surface area contributed by atoms with Crippen LogP contribution in [0.15, 0.2) is 47.4 Å². The summed E-state index contributed by atoms with van der Waals surface area (Å²) in [5.74, 6) is 5.72. The van der Waals surface area contributed by atoms with Gasteiger partial charge in [0.1, 0.15) is 0 Å². The number of benzene rings is 2. The van der Waals surface area contributed by atoms with Crippen molar-refractivity contribution in [1.82, 2.24) is 5.43 Å². The fourth-order valence-corrected chi connectivity index (χ4v) is 3.05. The van der Waals surface area contributed by atoms with Crippen molar-refractivity contribution in [3.05, 3.63) is 63.6 Å². The molecule has 2 nitrogen and oxygen atoms in total. The predicted molar refractivity (Wildman–Crippen MR) is 83.9 cm³/mol. The van der Waals surface area contributed by atoms with Crippen LogP contribution in [0.2, 0.25) is 10.0 Å². The first kappa shape index (κ1) is 14.7. The number of rotatable bonds is 4. The SMILES string of the molecule is CSc1ccccc1C(NN)c1cccc(Cl)c1Cl. The molecule has 1 unspecified atom stereocenters. The Balaban J connectivity index is 2.53. The van der Waals surface area contributed by atoms with E-state index in [1.807, 2.05) is 36.6 Å². The van der Waals surface area contributed by atoms with E-state index in [1.54, 1.807) is 17.8 Å². The second-order valence-electron chi connectivity index (χ2n) is 3.98. The highest BCUT2D eigenvalue weighted by Crippen LogP contribution is 2.35. The Bertz CT molecular complexity index is 575. The minimum atomic E-state index is -0.185. The van der Waals surface area contributed by atoms with Crippen molar-refractivity contribution in [2.75, 3.05) is 6.26 Å². The van der Waals surface area contributed by atoms with Crippen molar-refractivity contribution >= 4 is 35.0 Å². The van der Waals surface area contributed by atoms with Gasteiger partial charge in [0.25, 0.3) is 0 Å². The van der Waals surface area contributed by atoms with Crippen LogP contribution in [-0.4, -0.2) is 6.26 Å². The van der Waals surface area contributed by atoms with Gasteiger partial charge in [-0.2, -0.15) is 0 Å². The third-order valence-corrected chi connectivity index (χ3v) is 4.55. The van der Waals surface area contributed by atoms with Crippen molar-refractivity contribution in [1.29, 1.82) is 0 Å². The molecule has 0 spiro atoms. The molecule has 0 aromatic heterocycles. The Labute approximate surface area is 127 Å². The number of nitrogens with one attached hydrogen (secondary N) is 1. The molecular weight excluding hydrogens is 299 g/mol. The smallest absolute Gasteiger partial charge is 0.0735 e. The predicted octanol–water partition coefficient (Wildman–Crippen LogP) is 4.27. The topological polar surface area (TPSA) is 38.0 Å². The Kier molecular flexibility index (Phi) is 5.13. The maximum Gasteiger partial charge on any atom is 0.0735 e. The van der Waals surface area contributed by atoms with Crippen LogP contribution in [0, 0.1) is 0 Å². The Morgan fingerprint density at radius 2 is 1.74 bits per heavy atom. The van der Waals surface area contributed by atoms with Crippen molar-refractivity contribution in [3.63, 3.8) is 0 Å². The zero-order chi connectivity index (χ0) is 13.8. The summed E-state index contributed by atoms with van der Waals surface area (Å²) in [6, 6.07) is 13.5. The highest BCUT2D eigenvalue weighted by molar-refractivity contribution is 7.98. The molecule has 0 amide bonds. The van der Waals surface area contributed by atoms with Crippen LogP contribution < -0.4 is 11.3 Å². The first-order valence-corrected chi connectivity index (χ1v) is 7.70. The summed E-state index contributed by atoms with van der Waals surface area (Å²) in [6.45, 7) is 0. The van der Waals surface area contributed by atoms with Gasteiger partial charge in [-0.05, 0) is 29.5 Å². The molecule has 0 fully saturated rings. The molecule has 0 bridgehead atoms. The van der Waals surface area contributed by atoms with E-state index in [0.29, 0.717) is 10.0 Å². The van der Waals surface area contributed by atoms with Crippen LogP contribution in [-0.2, 0) is 0 Å². The Morgan fingerprint density at radius 3 is 2.42 bits per heavy atom. The number of halogens is 2. The van der Waals surface area contributed by atoms with Crippen LogP contribution in [0.4, 0.5) is 0 Å². The van der Waals surface area contributed by atoms with E-state index in [2.05, 4.69) is 11.5 Å². The van der Waals surface area contributed by atoms with Crippen LogP contribution in [0.3, 0.4) is 0 Å². The van der Waals surface area contributed by atoms with Gasteiger partial charge >= 0.3 is 0 Å². The molecule has 2 aromatic rings. The number of hydrazine groups is 1. The van der Waals surface area contributed by atoms with Crippen molar-refractivity contribution in [2.24, 2.45) is 5.84 Å². The van der Waals surface area contributed by atoms with Gasteiger partial charge in [0.2, 0.25) is 0 Å². The largest absolute Gasteiger partial charge is 0.271 e. The first-order valence-electron chi connectivity index (χ1n) is 5.72. The molecule has 2 aromatic carbocycles. The summed E-state index contributed by atoms with van der Waals surface area (Å²) in [5.41, 5.74) is 4.78. The Morgan fingerprint density at radius 1 is 1.05 bits per heavy atom. The zero-order valence-electron chi connectivity index (χ0n) is 10.4. The van der Waals surface area contributed by atoms with Crippen molar-refractivity contribution in [2.45, 2.75) is 10.9 Å². The monoisotopic (exact) mass is 312 g/mol. The number of thioether (sulfide) groups is 1. The number of nitrogens with two attached hydrogens (primary N) is 1. The normalized spacial score (nSPS) is 12.4. The van der Waals surface area contributed by atoms with Gasteiger partial charge in [0, 0.05) is 4.90 Å². The van der Waals surface area contributed by atoms with E-state index in [4.69, 9.17) is 29.0 Å². The summed E-state index contributed by atoms with van der Waals surface area (Å²) in [6.07, 6.45) is 2.03. The zero-order valence-corrected chi connectivity index (χ0v) is 12.7. The molecule has 2 rings (SSSR count). The second-order valence-corrected chi connectivity index (χ2v) is 5.62. The van der Waals surface area contributed by atoms with Crippen LogP contribution in [0.1, 0.15) is 17.2 Å². The lowest BCUT2D eigenvalue weighted by Gasteiger charge is -2.21. The average Bonchev–Trinajstić information content (AvgIpc) is 2.45. The summed E-state index contributed by atoms with van der Waals surface area (Å²) in [5, 5.41) is 1.06. The molecule has 1 atom stereocenters. The molecule has 19 heavy (non-hydrogen) atoms. The minimum absolute atomic E-state index is 0.185. The van der Waals surface area contributed by atoms with E-state index in [1.165, 1.54) is 0 Å². The third-order valence-electron chi connectivity index (χ3n) is 2.91. The summed E-state index contributed by atoms with van der Waals surface area (Å²) in [4.78, 5) is 1.15. The quantitative estimate of drug-likeness (QED) is 0.503. The fourth-order valence-electron chi connectivity index (χ4n) is 2.00. The highest BCUT2D eigenvalue weighted by Gasteiger charge is 2.19. The summed E-state index contributed by atoms with van der Waals surface area (Å²) < 4.78 is 0. The lowest BCUT2D eigenvalue weighted by Crippen LogP contribution is -2.29. The van der Waals surface area contributed by atoms with E-state index in [-0.39, 0.29) is 6.04 Å². The van der Waals surface area contributed by atoms with E-state index < -0.39 is 0 Å². The Hall–Kier alpha value is -0.710. The summed E-state index contributed by atoms with van der Waals surface area (Å²) in [7, 11) is 0.